The summed E-state index contributed by atoms with van der Waals surface area (Å²) in [5.74, 6) is 0.707. The van der Waals surface area contributed by atoms with Crippen LogP contribution < -0.4 is 5.32 Å². The fourth-order valence-corrected chi connectivity index (χ4v) is 2.50. The predicted molar refractivity (Wildman–Crippen MR) is 76.0 cm³/mol. The van der Waals surface area contributed by atoms with Crippen molar-refractivity contribution in [3.8, 4) is 0 Å². The number of nitrogens with one attached hydrogen (secondary N) is 1. The summed E-state index contributed by atoms with van der Waals surface area (Å²) in [6, 6.07) is 4.09. The molecule has 0 aliphatic carbocycles. The van der Waals surface area contributed by atoms with Gasteiger partial charge in [0.05, 0.1) is 0 Å². The number of pyridine rings is 1. The molecule has 1 aromatic rings. The lowest BCUT2D eigenvalue weighted by Crippen LogP contribution is -2.43. The van der Waals surface area contributed by atoms with Gasteiger partial charge in [0.2, 0.25) is 0 Å². The van der Waals surface area contributed by atoms with E-state index in [4.69, 9.17) is 0 Å². The number of amides is 1. The van der Waals surface area contributed by atoms with Crippen molar-refractivity contribution >= 4 is 5.91 Å². The van der Waals surface area contributed by atoms with E-state index in [1.54, 1.807) is 24.5 Å². The highest BCUT2D eigenvalue weighted by molar-refractivity contribution is 5.94. The number of likely N-dealkylation sites (tertiary alicyclic amines) is 1. The van der Waals surface area contributed by atoms with Crippen LogP contribution in [0.5, 0.6) is 0 Å². The summed E-state index contributed by atoms with van der Waals surface area (Å²) in [7, 11) is 0. The number of rotatable bonds is 4. The van der Waals surface area contributed by atoms with Crippen LogP contribution in [0.25, 0.3) is 0 Å². The molecule has 1 unspecified atom stereocenters. The first-order valence-corrected chi connectivity index (χ1v) is 7.09. The minimum atomic E-state index is 0.136. The Hall–Kier alpha value is -1.42. The van der Waals surface area contributed by atoms with Gasteiger partial charge in [-0.2, -0.15) is 0 Å². The van der Waals surface area contributed by atoms with E-state index in [-0.39, 0.29) is 5.91 Å². The van der Waals surface area contributed by atoms with Crippen LogP contribution in [0, 0.1) is 5.92 Å². The van der Waals surface area contributed by atoms with E-state index >= 15 is 0 Å². The van der Waals surface area contributed by atoms with Gasteiger partial charge in [-0.25, -0.2) is 0 Å². The van der Waals surface area contributed by atoms with Gasteiger partial charge >= 0.3 is 0 Å². The lowest BCUT2D eigenvalue weighted by molar-refractivity contribution is 0.0672. The molecule has 0 radical (unpaired) electrons. The standard InChI is InChI=1S/C15H23N3O/c1-12(2)17-10-13-4-3-9-18(11-13)15(19)14-5-7-16-8-6-14/h5-8,12-13,17H,3-4,9-11H2,1-2H3. The third-order valence-electron chi connectivity index (χ3n) is 3.55. The maximum atomic E-state index is 12.4. The summed E-state index contributed by atoms with van der Waals surface area (Å²) >= 11 is 0. The van der Waals surface area contributed by atoms with Gasteiger partial charge in [-0.1, -0.05) is 13.8 Å². The van der Waals surface area contributed by atoms with E-state index in [0.29, 0.717) is 12.0 Å². The quantitative estimate of drug-likeness (QED) is 0.901. The second-order valence-corrected chi connectivity index (χ2v) is 5.56. The van der Waals surface area contributed by atoms with Crippen LogP contribution in [-0.4, -0.2) is 41.5 Å². The van der Waals surface area contributed by atoms with Gasteiger partial charge in [0.1, 0.15) is 0 Å². The molecule has 1 amide bonds. The Labute approximate surface area is 115 Å². The zero-order valence-electron chi connectivity index (χ0n) is 11.8. The summed E-state index contributed by atoms with van der Waals surface area (Å²) in [5, 5.41) is 3.47. The van der Waals surface area contributed by atoms with Crippen molar-refractivity contribution in [2.45, 2.75) is 32.7 Å². The van der Waals surface area contributed by atoms with Crippen molar-refractivity contribution in [1.29, 1.82) is 0 Å². The Morgan fingerprint density at radius 2 is 2.21 bits per heavy atom. The summed E-state index contributed by atoms with van der Waals surface area (Å²) in [5.41, 5.74) is 0.743. The molecule has 1 N–H and O–H groups in total. The maximum Gasteiger partial charge on any atom is 0.253 e. The number of carbonyl (C=O) groups is 1. The molecule has 1 aliphatic rings. The number of hydrogen-bond acceptors (Lipinski definition) is 3. The summed E-state index contributed by atoms with van der Waals surface area (Å²) in [6.45, 7) is 7.05. The third-order valence-corrected chi connectivity index (χ3v) is 3.55. The first kappa shape index (κ1) is 14.0. The highest BCUT2D eigenvalue weighted by atomic mass is 16.2. The smallest absolute Gasteiger partial charge is 0.253 e. The molecule has 0 aromatic carbocycles. The van der Waals surface area contributed by atoms with Crippen LogP contribution in [-0.2, 0) is 0 Å². The zero-order chi connectivity index (χ0) is 13.7. The summed E-state index contributed by atoms with van der Waals surface area (Å²) in [4.78, 5) is 18.3. The second kappa shape index (κ2) is 6.66. The number of hydrogen-bond donors (Lipinski definition) is 1. The van der Waals surface area contributed by atoms with Crippen molar-refractivity contribution in [3.63, 3.8) is 0 Å². The Kier molecular flexibility index (Phi) is 4.91. The largest absolute Gasteiger partial charge is 0.338 e. The summed E-state index contributed by atoms with van der Waals surface area (Å²) in [6.07, 6.45) is 5.66. The molecule has 4 heteroatoms. The van der Waals surface area contributed by atoms with Crippen LogP contribution >= 0.6 is 0 Å². The Morgan fingerprint density at radius 1 is 1.47 bits per heavy atom. The number of nitrogens with zero attached hydrogens (tertiary/aromatic N) is 2. The molecular formula is C15H23N3O. The van der Waals surface area contributed by atoms with Gasteiger partial charge < -0.3 is 10.2 Å². The van der Waals surface area contributed by atoms with Gasteiger partial charge in [-0.05, 0) is 37.4 Å². The first-order chi connectivity index (χ1) is 9.16. The fourth-order valence-electron chi connectivity index (χ4n) is 2.50. The van der Waals surface area contributed by atoms with Crippen LogP contribution in [0.4, 0.5) is 0 Å². The predicted octanol–water partition coefficient (Wildman–Crippen LogP) is 1.93. The lowest BCUT2D eigenvalue weighted by Gasteiger charge is -2.33. The van der Waals surface area contributed by atoms with E-state index in [9.17, 15) is 4.79 Å². The van der Waals surface area contributed by atoms with Crippen LogP contribution in [0.15, 0.2) is 24.5 Å². The molecular weight excluding hydrogens is 238 g/mol. The molecule has 4 nitrogen and oxygen atoms in total. The molecule has 1 atom stereocenters. The molecule has 0 bridgehead atoms. The molecule has 1 fully saturated rings. The zero-order valence-corrected chi connectivity index (χ0v) is 11.8. The van der Waals surface area contributed by atoms with Crippen LogP contribution in [0.3, 0.4) is 0 Å². The molecule has 2 heterocycles. The number of piperidine rings is 1. The Morgan fingerprint density at radius 3 is 2.89 bits per heavy atom. The van der Waals surface area contributed by atoms with Gasteiger partial charge in [-0.3, -0.25) is 9.78 Å². The Bertz CT molecular complexity index is 405. The van der Waals surface area contributed by atoms with E-state index in [1.807, 2.05) is 4.90 Å². The Balaban J connectivity index is 1.92. The normalized spacial score (nSPS) is 19.7. The minimum Gasteiger partial charge on any atom is -0.338 e. The lowest BCUT2D eigenvalue weighted by atomic mass is 9.97. The highest BCUT2D eigenvalue weighted by Gasteiger charge is 2.24. The van der Waals surface area contributed by atoms with E-state index in [0.717, 1.165) is 31.6 Å². The maximum absolute atomic E-state index is 12.4. The highest BCUT2D eigenvalue weighted by Crippen LogP contribution is 2.18. The van der Waals surface area contributed by atoms with Crippen molar-refractivity contribution in [2.75, 3.05) is 19.6 Å². The van der Waals surface area contributed by atoms with Gasteiger partial charge in [0.25, 0.3) is 5.91 Å². The minimum absolute atomic E-state index is 0.136. The van der Waals surface area contributed by atoms with Gasteiger partial charge in [0, 0.05) is 37.1 Å². The molecule has 2 rings (SSSR count). The van der Waals surface area contributed by atoms with Gasteiger partial charge in [0.15, 0.2) is 0 Å². The van der Waals surface area contributed by atoms with Crippen molar-refractivity contribution in [2.24, 2.45) is 5.92 Å². The van der Waals surface area contributed by atoms with Crippen molar-refractivity contribution in [1.82, 2.24) is 15.2 Å². The molecule has 104 valence electrons. The average molecular weight is 261 g/mol. The van der Waals surface area contributed by atoms with E-state index < -0.39 is 0 Å². The van der Waals surface area contributed by atoms with Crippen LogP contribution in [0.1, 0.15) is 37.0 Å². The SMILES string of the molecule is CC(C)NCC1CCCN(C(=O)c2ccncc2)C1. The molecule has 1 saturated heterocycles. The number of carbonyl (C=O) groups excluding carboxylic acids is 1. The topological polar surface area (TPSA) is 45.2 Å². The molecule has 19 heavy (non-hydrogen) atoms. The van der Waals surface area contributed by atoms with E-state index in [2.05, 4.69) is 24.1 Å². The molecule has 0 spiro atoms. The van der Waals surface area contributed by atoms with Gasteiger partial charge in [-0.15, -0.1) is 0 Å². The third kappa shape index (κ3) is 4.03. The van der Waals surface area contributed by atoms with Crippen molar-refractivity contribution in [3.05, 3.63) is 30.1 Å². The number of aromatic nitrogens is 1. The van der Waals surface area contributed by atoms with Crippen LogP contribution in [0.2, 0.25) is 0 Å². The summed E-state index contributed by atoms with van der Waals surface area (Å²) < 4.78 is 0. The second-order valence-electron chi connectivity index (χ2n) is 5.56. The molecule has 1 aromatic heterocycles. The molecule has 1 aliphatic heterocycles. The molecule has 0 saturated carbocycles. The van der Waals surface area contributed by atoms with E-state index in [1.165, 1.54) is 6.42 Å². The van der Waals surface area contributed by atoms with Crippen molar-refractivity contribution < 1.29 is 4.79 Å². The average Bonchev–Trinajstić information content (AvgIpc) is 2.45. The monoisotopic (exact) mass is 261 g/mol. The first-order valence-electron chi connectivity index (χ1n) is 7.09. The fraction of sp³-hybridized carbons (Fsp3) is 0.600.